The van der Waals surface area contributed by atoms with Crippen LogP contribution in [-0.4, -0.2) is 40.8 Å². The maximum atomic E-state index is 12.2. The average molecular weight is 399 g/mol. The van der Waals surface area contributed by atoms with Gasteiger partial charge in [-0.1, -0.05) is 36.0 Å². The number of carbonyl (C=O) groups excluding carboxylic acids is 1. The summed E-state index contributed by atoms with van der Waals surface area (Å²) in [7, 11) is 3.18. The van der Waals surface area contributed by atoms with Crippen LogP contribution in [0.2, 0.25) is 0 Å². The summed E-state index contributed by atoms with van der Waals surface area (Å²) < 4.78 is 11.8. The van der Waals surface area contributed by atoms with E-state index in [0.29, 0.717) is 28.8 Å². The van der Waals surface area contributed by atoms with E-state index >= 15 is 0 Å². The van der Waals surface area contributed by atoms with Gasteiger partial charge in [-0.3, -0.25) is 4.79 Å². The molecule has 0 aliphatic carbocycles. The zero-order chi connectivity index (χ0) is 19.9. The Morgan fingerprint density at radius 2 is 1.86 bits per heavy atom. The summed E-state index contributed by atoms with van der Waals surface area (Å²) in [5.74, 6) is 8.05. The topological polar surface area (TPSA) is 104 Å². The molecule has 1 heterocycles. The van der Waals surface area contributed by atoms with Gasteiger partial charge in [-0.05, 0) is 29.8 Å². The lowest BCUT2D eigenvalue weighted by Gasteiger charge is -2.09. The predicted octanol–water partition coefficient (Wildman–Crippen LogP) is 2.33. The van der Waals surface area contributed by atoms with Crippen molar-refractivity contribution >= 4 is 23.4 Å². The van der Waals surface area contributed by atoms with Crippen LogP contribution in [0.1, 0.15) is 11.4 Å². The molecule has 0 fully saturated rings. The van der Waals surface area contributed by atoms with E-state index in [2.05, 4.69) is 15.5 Å². The van der Waals surface area contributed by atoms with Gasteiger partial charge in [-0.2, -0.15) is 0 Å². The number of benzene rings is 2. The maximum Gasteiger partial charge on any atom is 0.234 e. The number of hydrogen-bond donors (Lipinski definition) is 2. The molecule has 0 bridgehead atoms. The Balaban J connectivity index is 1.58. The van der Waals surface area contributed by atoms with Crippen molar-refractivity contribution in [2.45, 2.75) is 11.6 Å². The number of rotatable bonds is 8. The number of thioether (sulfide) groups is 1. The molecule has 28 heavy (non-hydrogen) atoms. The Hall–Kier alpha value is -3.20. The molecule has 0 saturated carbocycles. The van der Waals surface area contributed by atoms with Crippen molar-refractivity contribution in [1.29, 1.82) is 0 Å². The highest BCUT2D eigenvalue weighted by Gasteiger charge is 2.14. The number of carbonyl (C=O) groups is 1. The van der Waals surface area contributed by atoms with Gasteiger partial charge in [0.25, 0.3) is 0 Å². The van der Waals surface area contributed by atoms with E-state index in [4.69, 9.17) is 15.3 Å². The third-order valence-corrected chi connectivity index (χ3v) is 4.91. The lowest BCUT2D eigenvalue weighted by molar-refractivity contribution is -0.113. The first-order valence-electron chi connectivity index (χ1n) is 8.48. The molecule has 3 aromatic rings. The zero-order valence-corrected chi connectivity index (χ0v) is 16.4. The normalized spacial score (nSPS) is 10.5. The minimum absolute atomic E-state index is 0.149. The molecule has 9 heteroatoms. The Morgan fingerprint density at radius 3 is 2.57 bits per heavy atom. The molecule has 0 aliphatic heterocycles. The van der Waals surface area contributed by atoms with Gasteiger partial charge in [0.15, 0.2) is 5.82 Å². The molecule has 3 rings (SSSR count). The molecule has 0 aliphatic rings. The first-order chi connectivity index (χ1) is 13.6. The van der Waals surface area contributed by atoms with Crippen LogP contribution in [0, 0.1) is 0 Å². The number of nitrogens with one attached hydrogen (secondary N) is 1. The van der Waals surface area contributed by atoms with E-state index in [1.807, 2.05) is 36.4 Å². The van der Waals surface area contributed by atoms with Crippen molar-refractivity contribution in [3.8, 4) is 11.5 Å². The van der Waals surface area contributed by atoms with E-state index < -0.39 is 0 Å². The highest BCUT2D eigenvalue weighted by atomic mass is 32.2. The number of para-hydroxylation sites is 2. The summed E-state index contributed by atoms with van der Waals surface area (Å²) in [4.78, 5) is 12.2. The van der Waals surface area contributed by atoms with Gasteiger partial charge in [-0.25, -0.2) is 4.68 Å². The second kappa shape index (κ2) is 9.14. The van der Waals surface area contributed by atoms with Crippen molar-refractivity contribution < 1.29 is 14.3 Å². The van der Waals surface area contributed by atoms with E-state index in [0.717, 1.165) is 11.3 Å². The lowest BCUT2D eigenvalue weighted by atomic mass is 10.1. The number of hydrogen-bond acceptors (Lipinski definition) is 7. The molecule has 0 saturated heterocycles. The molecule has 2 aromatic carbocycles. The molecular weight excluding hydrogens is 378 g/mol. The number of methoxy groups -OCH3 is 2. The van der Waals surface area contributed by atoms with Crippen molar-refractivity contribution in [2.24, 2.45) is 0 Å². The van der Waals surface area contributed by atoms with Crippen LogP contribution >= 0.6 is 11.8 Å². The molecule has 1 aromatic heterocycles. The molecule has 0 atom stereocenters. The Kier molecular flexibility index (Phi) is 6.38. The highest BCUT2D eigenvalue weighted by Crippen LogP contribution is 2.24. The van der Waals surface area contributed by atoms with Crippen LogP contribution in [0.15, 0.2) is 53.7 Å². The minimum Gasteiger partial charge on any atom is -0.497 e. The van der Waals surface area contributed by atoms with Crippen LogP contribution in [0.25, 0.3) is 0 Å². The zero-order valence-electron chi connectivity index (χ0n) is 15.6. The van der Waals surface area contributed by atoms with Crippen molar-refractivity contribution in [3.05, 3.63) is 59.9 Å². The number of nitrogens with zero attached hydrogens (tertiary/aromatic N) is 3. The molecule has 0 radical (unpaired) electrons. The van der Waals surface area contributed by atoms with Crippen LogP contribution in [0.4, 0.5) is 5.69 Å². The Bertz CT molecular complexity index is 943. The van der Waals surface area contributed by atoms with E-state index in [9.17, 15) is 4.79 Å². The number of anilines is 1. The first-order valence-corrected chi connectivity index (χ1v) is 9.47. The van der Waals surface area contributed by atoms with Crippen LogP contribution in [0.3, 0.4) is 0 Å². The molecule has 0 unspecified atom stereocenters. The van der Waals surface area contributed by atoms with E-state index in [1.54, 1.807) is 26.4 Å². The van der Waals surface area contributed by atoms with Gasteiger partial charge in [0.1, 0.15) is 11.5 Å². The van der Waals surface area contributed by atoms with Crippen LogP contribution in [-0.2, 0) is 11.2 Å². The van der Waals surface area contributed by atoms with Gasteiger partial charge in [0.05, 0.1) is 25.7 Å². The maximum absolute atomic E-state index is 12.2. The Morgan fingerprint density at radius 1 is 1.11 bits per heavy atom. The van der Waals surface area contributed by atoms with Crippen molar-refractivity contribution in [2.75, 3.05) is 31.1 Å². The largest absolute Gasteiger partial charge is 0.497 e. The number of nitrogens with two attached hydrogens (primary N) is 1. The summed E-state index contributed by atoms with van der Waals surface area (Å²) in [6.07, 6.45) is 0.529. The Labute approximate surface area is 167 Å². The minimum atomic E-state index is -0.186. The van der Waals surface area contributed by atoms with Gasteiger partial charge in [0, 0.05) is 6.42 Å². The average Bonchev–Trinajstić information content (AvgIpc) is 3.07. The monoisotopic (exact) mass is 399 g/mol. The first kappa shape index (κ1) is 19.6. The van der Waals surface area contributed by atoms with Crippen LogP contribution < -0.4 is 20.6 Å². The molecule has 146 valence electrons. The predicted molar refractivity (Wildman–Crippen MR) is 108 cm³/mol. The SMILES string of the molecule is COc1ccc(Cc2nnc(SCC(=O)Nc3ccccc3OC)n2N)cc1. The fourth-order valence-corrected chi connectivity index (χ4v) is 3.19. The number of amides is 1. The van der Waals surface area contributed by atoms with Gasteiger partial charge >= 0.3 is 0 Å². The van der Waals surface area contributed by atoms with Gasteiger partial charge in [-0.15, -0.1) is 10.2 Å². The number of ether oxygens (including phenoxy) is 2. The summed E-state index contributed by atoms with van der Waals surface area (Å²) >= 11 is 1.22. The number of nitrogen functional groups attached to an aromatic ring is 1. The van der Waals surface area contributed by atoms with Crippen molar-refractivity contribution in [1.82, 2.24) is 14.9 Å². The van der Waals surface area contributed by atoms with Gasteiger partial charge < -0.3 is 20.6 Å². The molecule has 0 spiro atoms. The smallest absolute Gasteiger partial charge is 0.234 e. The van der Waals surface area contributed by atoms with E-state index in [1.165, 1.54) is 16.4 Å². The standard InChI is InChI=1S/C19H21N5O3S/c1-26-14-9-7-13(8-10-14)11-17-22-23-19(24(17)20)28-12-18(25)21-15-5-3-4-6-16(15)27-2/h3-10H,11-12,20H2,1-2H3,(H,21,25). The second-order valence-electron chi connectivity index (χ2n) is 5.83. The summed E-state index contributed by atoms with van der Waals surface area (Å²) in [6, 6.07) is 14.9. The summed E-state index contributed by atoms with van der Waals surface area (Å²) in [6.45, 7) is 0. The van der Waals surface area contributed by atoms with Crippen LogP contribution in [0.5, 0.6) is 11.5 Å². The fourth-order valence-electron chi connectivity index (χ4n) is 2.52. The lowest BCUT2D eigenvalue weighted by Crippen LogP contribution is -2.17. The summed E-state index contributed by atoms with van der Waals surface area (Å²) in [5, 5.41) is 11.5. The summed E-state index contributed by atoms with van der Waals surface area (Å²) in [5.41, 5.74) is 1.65. The molecule has 3 N–H and O–H groups in total. The quantitative estimate of drug-likeness (QED) is 0.442. The molecule has 8 nitrogen and oxygen atoms in total. The fraction of sp³-hybridized carbons (Fsp3) is 0.211. The van der Waals surface area contributed by atoms with Crippen molar-refractivity contribution in [3.63, 3.8) is 0 Å². The highest BCUT2D eigenvalue weighted by molar-refractivity contribution is 7.99. The van der Waals surface area contributed by atoms with Gasteiger partial charge in [0.2, 0.25) is 11.1 Å². The number of aromatic nitrogens is 3. The third kappa shape index (κ3) is 4.74. The van der Waals surface area contributed by atoms with E-state index in [-0.39, 0.29) is 11.7 Å². The molecular formula is C19H21N5O3S. The third-order valence-electron chi connectivity index (χ3n) is 3.97. The molecule has 1 amide bonds. The second-order valence-corrected chi connectivity index (χ2v) is 6.77.